The zero-order valence-electron chi connectivity index (χ0n) is 30.1. The van der Waals surface area contributed by atoms with Crippen LogP contribution in [0.2, 0.25) is 0 Å². The summed E-state index contributed by atoms with van der Waals surface area (Å²) in [6, 6.07) is 11.1. The second kappa shape index (κ2) is 15.1. The molecule has 292 valence electrons. The molecule has 4 amide bonds. The van der Waals surface area contributed by atoms with E-state index in [1.165, 1.54) is 12.1 Å². The van der Waals surface area contributed by atoms with Crippen molar-refractivity contribution in [2.24, 2.45) is 5.92 Å². The number of urea groups is 1. The van der Waals surface area contributed by atoms with Crippen LogP contribution in [0.5, 0.6) is 0 Å². The number of nitrogens with one attached hydrogen (secondary N) is 2. The van der Waals surface area contributed by atoms with Crippen LogP contribution in [0.25, 0.3) is 21.7 Å². The summed E-state index contributed by atoms with van der Waals surface area (Å²) in [4.78, 5) is 51.3. The summed E-state index contributed by atoms with van der Waals surface area (Å²) in [6.45, 7) is 4.70. The van der Waals surface area contributed by atoms with E-state index >= 15 is 0 Å². The van der Waals surface area contributed by atoms with E-state index in [4.69, 9.17) is 0 Å². The number of fused-ring (bicyclic) bond motifs is 2. The van der Waals surface area contributed by atoms with Crippen molar-refractivity contribution in [2.45, 2.75) is 50.7 Å². The second-order valence-electron chi connectivity index (χ2n) is 14.5. The van der Waals surface area contributed by atoms with Crippen molar-refractivity contribution in [2.75, 3.05) is 54.4 Å². The van der Waals surface area contributed by atoms with Crippen molar-refractivity contribution >= 4 is 56.6 Å². The molecule has 3 fully saturated rings. The van der Waals surface area contributed by atoms with E-state index in [1.54, 1.807) is 22.0 Å². The van der Waals surface area contributed by atoms with Gasteiger partial charge in [-0.2, -0.15) is 18.3 Å². The van der Waals surface area contributed by atoms with Crippen molar-refractivity contribution in [1.29, 1.82) is 0 Å². The van der Waals surface area contributed by atoms with E-state index in [-0.39, 0.29) is 24.1 Å². The molecule has 2 N–H and O–H groups in total. The van der Waals surface area contributed by atoms with Crippen molar-refractivity contribution in [3.63, 3.8) is 0 Å². The highest BCUT2D eigenvalue weighted by molar-refractivity contribution is 6.11. The smallest absolute Gasteiger partial charge is 0.368 e. The Morgan fingerprint density at radius 1 is 0.911 bits per heavy atom. The molecule has 0 atom stereocenters. The van der Waals surface area contributed by atoms with Crippen molar-refractivity contribution in [3.8, 4) is 0 Å². The van der Waals surface area contributed by atoms with Gasteiger partial charge >= 0.3 is 12.2 Å². The number of aromatic nitrogens is 4. The zero-order valence-corrected chi connectivity index (χ0v) is 30.1. The van der Waals surface area contributed by atoms with Crippen LogP contribution in [0.4, 0.5) is 43.8 Å². The first-order valence-electron chi connectivity index (χ1n) is 18.5. The third-order valence-electron chi connectivity index (χ3n) is 11.0. The quantitative estimate of drug-likeness (QED) is 0.159. The van der Waals surface area contributed by atoms with Crippen molar-refractivity contribution in [1.82, 2.24) is 30.0 Å². The highest BCUT2D eigenvalue weighted by atomic mass is 19.4. The number of hydrogen-bond acceptors (Lipinski definition) is 8. The number of alkyl halides is 5. The fraction of sp³-hybridized carbons (Fsp3) is 0.385. The van der Waals surface area contributed by atoms with Crippen LogP contribution < -0.4 is 20.4 Å². The Kier molecular flexibility index (Phi) is 10.0. The standard InChI is InChI=1S/C39H38F5N9O3/c40-36(41)27-18-30-24(17-31(27)47-37(55)29-4-2-6-34(46-29)39(42,43)44)22-53(49-30)25-9-7-23(8-10-25)21-50-13-15-51(16-14-50)32-5-1-3-26-28(32)19-45-20-33(26)52-12-11-35(54)48-38(52)56/h1-6,17-20,22-23,25,36H,7-16,21H2,(H,47,55)(H,48,54,56). The summed E-state index contributed by atoms with van der Waals surface area (Å²) in [5, 5.41) is 11.7. The summed E-state index contributed by atoms with van der Waals surface area (Å²) in [6.07, 6.45) is 1.43. The molecule has 5 heterocycles. The van der Waals surface area contributed by atoms with Crippen molar-refractivity contribution < 1.29 is 36.3 Å². The average Bonchev–Trinajstić information content (AvgIpc) is 3.61. The molecule has 2 aliphatic heterocycles. The molecule has 0 unspecified atom stereocenters. The molecule has 2 saturated heterocycles. The number of hydrogen-bond donors (Lipinski definition) is 2. The molecule has 2 aromatic carbocycles. The fourth-order valence-electron chi connectivity index (χ4n) is 8.07. The van der Waals surface area contributed by atoms with Gasteiger partial charge in [0, 0.05) is 85.5 Å². The van der Waals surface area contributed by atoms with Gasteiger partial charge in [-0.3, -0.25) is 34.4 Å². The van der Waals surface area contributed by atoms with Crippen LogP contribution in [0, 0.1) is 5.92 Å². The monoisotopic (exact) mass is 775 g/mol. The summed E-state index contributed by atoms with van der Waals surface area (Å²) < 4.78 is 69.4. The lowest BCUT2D eigenvalue weighted by atomic mass is 9.85. The Balaban J connectivity index is 0.877. The molecule has 3 aliphatic rings. The molecule has 0 spiro atoms. The Hall–Kier alpha value is -5.71. The highest BCUT2D eigenvalue weighted by Gasteiger charge is 2.33. The van der Waals surface area contributed by atoms with Crippen molar-refractivity contribution in [3.05, 3.63) is 84.1 Å². The minimum atomic E-state index is -4.77. The van der Waals surface area contributed by atoms with E-state index in [0.717, 1.165) is 93.1 Å². The Bertz CT molecular complexity index is 2300. The number of anilines is 3. The summed E-state index contributed by atoms with van der Waals surface area (Å²) >= 11 is 0. The second-order valence-corrected chi connectivity index (χ2v) is 14.5. The van der Waals surface area contributed by atoms with E-state index in [2.05, 4.69) is 41.6 Å². The highest BCUT2D eigenvalue weighted by Crippen LogP contribution is 2.37. The number of carbonyl (C=O) groups is 3. The maximum Gasteiger partial charge on any atom is 0.433 e. The van der Waals surface area contributed by atoms with Gasteiger partial charge in [0.25, 0.3) is 12.3 Å². The number of pyridine rings is 2. The first-order valence-corrected chi connectivity index (χ1v) is 18.5. The number of piperazine rings is 1. The number of nitrogens with zero attached hydrogens (tertiary/aromatic N) is 7. The predicted octanol–water partition coefficient (Wildman–Crippen LogP) is 7.19. The van der Waals surface area contributed by atoms with Gasteiger partial charge in [-0.05, 0) is 61.9 Å². The predicted molar refractivity (Wildman–Crippen MR) is 199 cm³/mol. The summed E-state index contributed by atoms with van der Waals surface area (Å²) in [7, 11) is 0. The first kappa shape index (κ1) is 37.2. The molecular weight excluding hydrogens is 737 g/mol. The van der Waals surface area contributed by atoms with Gasteiger partial charge in [0.2, 0.25) is 5.91 Å². The molecule has 5 aromatic rings. The summed E-state index contributed by atoms with van der Waals surface area (Å²) in [5.74, 6) is -0.826. The zero-order chi connectivity index (χ0) is 39.1. The maximum atomic E-state index is 14.1. The molecule has 0 radical (unpaired) electrons. The normalized spacial score (nSPS) is 19.9. The number of amides is 4. The molecule has 12 nitrogen and oxygen atoms in total. The Morgan fingerprint density at radius 2 is 1.68 bits per heavy atom. The van der Waals surface area contributed by atoms with Gasteiger partial charge < -0.3 is 10.2 Å². The first-order chi connectivity index (χ1) is 26.9. The van der Waals surface area contributed by atoms with Gasteiger partial charge in [0.15, 0.2) is 0 Å². The fourth-order valence-corrected chi connectivity index (χ4v) is 8.07. The third-order valence-corrected chi connectivity index (χ3v) is 11.0. The number of imide groups is 1. The van der Waals surface area contributed by atoms with Gasteiger partial charge in [-0.25, -0.2) is 18.6 Å². The third kappa shape index (κ3) is 7.59. The Morgan fingerprint density at radius 3 is 2.41 bits per heavy atom. The van der Waals surface area contributed by atoms with E-state index < -0.39 is 41.5 Å². The average molecular weight is 776 g/mol. The minimum Gasteiger partial charge on any atom is -0.368 e. The van der Waals surface area contributed by atoms with E-state index in [0.29, 0.717) is 29.1 Å². The van der Waals surface area contributed by atoms with Crippen LogP contribution >= 0.6 is 0 Å². The number of halogens is 5. The molecule has 3 aromatic heterocycles. The van der Waals surface area contributed by atoms with Crippen LogP contribution in [0.15, 0.2) is 67.1 Å². The van der Waals surface area contributed by atoms with E-state index in [9.17, 15) is 36.3 Å². The molecule has 0 bridgehead atoms. The van der Waals surface area contributed by atoms with Gasteiger partial charge in [0.05, 0.1) is 29.1 Å². The van der Waals surface area contributed by atoms with Gasteiger partial charge in [-0.1, -0.05) is 18.2 Å². The van der Waals surface area contributed by atoms with Crippen LogP contribution in [0.3, 0.4) is 0 Å². The molecular formula is C39H38F5N9O3. The summed E-state index contributed by atoms with van der Waals surface area (Å²) in [5.41, 5.74) is -0.439. The number of carbonyl (C=O) groups excluding carboxylic acids is 3. The molecule has 1 saturated carbocycles. The van der Waals surface area contributed by atoms with Crippen LogP contribution in [-0.4, -0.2) is 81.8 Å². The van der Waals surface area contributed by atoms with Gasteiger partial charge in [-0.15, -0.1) is 0 Å². The lowest BCUT2D eigenvalue weighted by molar-refractivity contribution is -0.141. The lowest BCUT2D eigenvalue weighted by Crippen LogP contribution is -2.49. The minimum absolute atomic E-state index is 0.0687. The largest absolute Gasteiger partial charge is 0.433 e. The maximum absolute atomic E-state index is 14.1. The molecule has 17 heteroatoms. The van der Waals surface area contributed by atoms with Gasteiger partial charge in [0.1, 0.15) is 11.4 Å². The topological polar surface area (TPSA) is 129 Å². The molecule has 1 aliphatic carbocycles. The van der Waals surface area contributed by atoms with Crippen LogP contribution in [-0.2, 0) is 11.0 Å². The SMILES string of the molecule is O=C1CCN(c2cncc3c(N4CCN(CC5CCC(n6cc7cc(NC(=O)c8cccc(C(F)(F)F)n8)c(C(F)F)cc7n6)CC5)CC4)cccc23)C(=O)N1. The Labute approximate surface area is 317 Å². The van der Waals surface area contributed by atoms with Crippen LogP contribution in [0.1, 0.15) is 66.3 Å². The van der Waals surface area contributed by atoms with E-state index in [1.807, 2.05) is 18.3 Å². The number of benzene rings is 2. The molecule has 8 rings (SSSR count). The molecule has 56 heavy (non-hydrogen) atoms. The lowest BCUT2D eigenvalue weighted by Gasteiger charge is -2.39. The number of rotatable bonds is 8.